The van der Waals surface area contributed by atoms with Crippen LogP contribution in [0.3, 0.4) is 0 Å². The summed E-state index contributed by atoms with van der Waals surface area (Å²) in [5, 5.41) is 15.4. The highest BCUT2D eigenvalue weighted by atomic mass is 16.5. The van der Waals surface area contributed by atoms with Crippen molar-refractivity contribution < 1.29 is 24.4 Å². The number of nitrogens with one attached hydrogen (secondary N) is 2. The highest BCUT2D eigenvalue weighted by Gasteiger charge is 2.37. The van der Waals surface area contributed by atoms with E-state index in [2.05, 4.69) is 10.6 Å². The Hall–Kier alpha value is -1.96. The summed E-state index contributed by atoms with van der Waals surface area (Å²) >= 11 is 0. The molecule has 170 valence electrons. The third-order valence-electron chi connectivity index (χ3n) is 6.38. The summed E-state index contributed by atoms with van der Waals surface area (Å²) in [7, 11) is 0. The van der Waals surface area contributed by atoms with Gasteiger partial charge in [-0.15, -0.1) is 0 Å². The molecule has 0 aliphatic heterocycles. The van der Waals surface area contributed by atoms with Crippen LogP contribution in [-0.2, 0) is 19.2 Å². The molecule has 0 radical (unpaired) electrons. The van der Waals surface area contributed by atoms with Crippen LogP contribution in [-0.4, -0.2) is 47.0 Å². The summed E-state index contributed by atoms with van der Waals surface area (Å²) in [5.41, 5.74) is -0.614. The van der Waals surface area contributed by atoms with E-state index in [4.69, 9.17) is 0 Å². The van der Waals surface area contributed by atoms with Crippen LogP contribution in [0.1, 0.15) is 78.6 Å². The van der Waals surface area contributed by atoms with E-state index in [-0.39, 0.29) is 30.7 Å². The van der Waals surface area contributed by atoms with E-state index in [0.717, 1.165) is 51.4 Å². The number of carbonyl (C=O) groups is 4. The van der Waals surface area contributed by atoms with Crippen molar-refractivity contribution in [2.24, 2.45) is 23.2 Å². The summed E-state index contributed by atoms with van der Waals surface area (Å²) in [4.78, 5) is 49.2. The minimum Gasteiger partial charge on any atom is -0.343 e. The second-order valence-corrected chi connectivity index (χ2v) is 9.95. The smallest absolute Gasteiger partial charge is 0.249 e. The molecule has 2 aliphatic rings. The van der Waals surface area contributed by atoms with Crippen LogP contribution in [0, 0.1) is 23.2 Å². The molecule has 0 saturated heterocycles. The maximum absolute atomic E-state index is 13.1. The Bertz CT molecular complexity index is 619. The van der Waals surface area contributed by atoms with E-state index in [9.17, 15) is 24.4 Å². The standard InChI is InChI=1S/C22H37N3O5/c1-22(2,3)18(21(29)24-19(27)16-10-6-7-11-16)23-20(28)17(13-25(30)14-26)12-15-8-4-5-9-15/h14-18,30H,4-13H2,1-3H3,(H,23,28)(H,24,27,29)/t17-,18-/m1/s1. The molecular weight excluding hydrogens is 386 g/mol. The van der Waals surface area contributed by atoms with Gasteiger partial charge in [0.25, 0.3) is 0 Å². The summed E-state index contributed by atoms with van der Waals surface area (Å²) in [6.07, 6.45) is 8.66. The van der Waals surface area contributed by atoms with Crippen LogP contribution in [0.15, 0.2) is 0 Å². The highest BCUT2D eigenvalue weighted by Crippen LogP contribution is 2.31. The van der Waals surface area contributed by atoms with Gasteiger partial charge in [-0.3, -0.25) is 29.7 Å². The van der Waals surface area contributed by atoms with Gasteiger partial charge in [-0.05, 0) is 30.6 Å². The summed E-state index contributed by atoms with van der Waals surface area (Å²) in [6.45, 7) is 5.36. The van der Waals surface area contributed by atoms with E-state index in [0.29, 0.717) is 17.4 Å². The van der Waals surface area contributed by atoms with Crippen LogP contribution in [0.4, 0.5) is 0 Å². The number of amides is 4. The third kappa shape index (κ3) is 7.07. The van der Waals surface area contributed by atoms with Crippen LogP contribution in [0.2, 0.25) is 0 Å². The highest BCUT2D eigenvalue weighted by molar-refractivity contribution is 6.00. The minimum atomic E-state index is -0.898. The van der Waals surface area contributed by atoms with Gasteiger partial charge in [0.05, 0.1) is 12.5 Å². The van der Waals surface area contributed by atoms with Crippen molar-refractivity contribution in [2.75, 3.05) is 6.54 Å². The Morgan fingerprint density at radius 3 is 2.13 bits per heavy atom. The predicted octanol–water partition coefficient (Wildman–Crippen LogP) is 2.39. The molecule has 30 heavy (non-hydrogen) atoms. The van der Waals surface area contributed by atoms with Crippen molar-refractivity contribution in [1.29, 1.82) is 0 Å². The monoisotopic (exact) mass is 423 g/mol. The van der Waals surface area contributed by atoms with Crippen molar-refractivity contribution in [3.63, 3.8) is 0 Å². The molecule has 0 spiro atoms. The second kappa shape index (κ2) is 10.9. The molecule has 0 aromatic carbocycles. The number of hydrogen-bond acceptors (Lipinski definition) is 5. The van der Waals surface area contributed by atoms with E-state index in [1.807, 2.05) is 20.8 Å². The lowest BCUT2D eigenvalue weighted by Crippen LogP contribution is -2.57. The number of carbonyl (C=O) groups excluding carboxylic acids is 4. The van der Waals surface area contributed by atoms with E-state index in [1.165, 1.54) is 0 Å². The number of hydroxylamine groups is 2. The van der Waals surface area contributed by atoms with Gasteiger partial charge in [-0.1, -0.05) is 59.3 Å². The Labute approximate surface area is 179 Å². The Balaban J connectivity index is 2.06. The van der Waals surface area contributed by atoms with Crippen LogP contribution in [0.5, 0.6) is 0 Å². The lowest BCUT2D eigenvalue weighted by molar-refractivity contribution is -0.155. The zero-order valence-corrected chi connectivity index (χ0v) is 18.5. The maximum Gasteiger partial charge on any atom is 0.249 e. The van der Waals surface area contributed by atoms with Gasteiger partial charge in [-0.2, -0.15) is 0 Å². The quantitative estimate of drug-likeness (QED) is 0.299. The number of nitrogens with zero attached hydrogens (tertiary/aromatic N) is 1. The molecule has 2 fully saturated rings. The number of rotatable bonds is 9. The molecule has 2 rings (SSSR count). The van der Waals surface area contributed by atoms with Gasteiger partial charge >= 0.3 is 0 Å². The van der Waals surface area contributed by atoms with Crippen LogP contribution >= 0.6 is 0 Å². The average Bonchev–Trinajstić information content (AvgIpc) is 3.37. The lowest BCUT2D eigenvalue weighted by atomic mass is 9.85. The molecule has 2 aliphatic carbocycles. The maximum atomic E-state index is 13.1. The third-order valence-corrected chi connectivity index (χ3v) is 6.38. The van der Waals surface area contributed by atoms with E-state index >= 15 is 0 Å². The predicted molar refractivity (Wildman–Crippen MR) is 111 cm³/mol. The van der Waals surface area contributed by atoms with Gasteiger partial charge in [0.1, 0.15) is 6.04 Å². The first-order valence-corrected chi connectivity index (χ1v) is 11.2. The fraction of sp³-hybridized carbons (Fsp3) is 0.818. The zero-order chi connectivity index (χ0) is 22.3. The van der Waals surface area contributed by atoms with Gasteiger partial charge in [0, 0.05) is 5.92 Å². The zero-order valence-electron chi connectivity index (χ0n) is 18.5. The van der Waals surface area contributed by atoms with Gasteiger partial charge in [0.2, 0.25) is 24.1 Å². The molecule has 4 amide bonds. The lowest BCUT2D eigenvalue weighted by Gasteiger charge is -2.32. The molecule has 2 atom stereocenters. The molecule has 8 nitrogen and oxygen atoms in total. The van der Waals surface area contributed by atoms with Gasteiger partial charge in [-0.25, -0.2) is 5.06 Å². The molecule has 0 aromatic rings. The molecule has 8 heteroatoms. The summed E-state index contributed by atoms with van der Waals surface area (Å²) in [5.74, 6) is -1.56. The first kappa shape index (κ1) is 24.3. The number of imide groups is 1. The topological polar surface area (TPSA) is 116 Å². The Morgan fingerprint density at radius 1 is 1.03 bits per heavy atom. The molecule has 0 bridgehead atoms. The molecule has 0 unspecified atom stereocenters. The van der Waals surface area contributed by atoms with Crippen molar-refractivity contribution in [2.45, 2.75) is 84.6 Å². The van der Waals surface area contributed by atoms with Crippen molar-refractivity contribution in [3.8, 4) is 0 Å². The van der Waals surface area contributed by atoms with Crippen LogP contribution in [0.25, 0.3) is 0 Å². The summed E-state index contributed by atoms with van der Waals surface area (Å²) < 4.78 is 0. The fourth-order valence-electron chi connectivity index (χ4n) is 4.60. The Morgan fingerprint density at radius 2 is 1.60 bits per heavy atom. The molecule has 3 N–H and O–H groups in total. The number of hydrogen-bond donors (Lipinski definition) is 3. The van der Waals surface area contributed by atoms with E-state index < -0.39 is 23.3 Å². The van der Waals surface area contributed by atoms with E-state index in [1.54, 1.807) is 0 Å². The van der Waals surface area contributed by atoms with Crippen LogP contribution < -0.4 is 10.6 Å². The minimum absolute atomic E-state index is 0.120. The SMILES string of the molecule is CC(C)(C)[C@H](NC(=O)[C@H](CC1CCCC1)CN(O)C=O)C(=O)NC(=O)C1CCCC1. The Kier molecular flexibility index (Phi) is 8.82. The first-order chi connectivity index (χ1) is 14.1. The molecule has 0 aromatic heterocycles. The normalized spacial score (nSPS) is 19.9. The second-order valence-electron chi connectivity index (χ2n) is 9.95. The average molecular weight is 424 g/mol. The van der Waals surface area contributed by atoms with Crippen molar-refractivity contribution in [1.82, 2.24) is 15.7 Å². The van der Waals surface area contributed by atoms with Gasteiger partial charge < -0.3 is 5.32 Å². The molecule has 0 heterocycles. The molecular formula is C22H37N3O5. The molecule has 2 saturated carbocycles. The van der Waals surface area contributed by atoms with Gasteiger partial charge in [0.15, 0.2) is 0 Å². The van der Waals surface area contributed by atoms with Crippen molar-refractivity contribution >= 4 is 24.1 Å². The summed E-state index contributed by atoms with van der Waals surface area (Å²) in [6, 6.07) is -0.898. The van der Waals surface area contributed by atoms with Crippen molar-refractivity contribution in [3.05, 3.63) is 0 Å². The largest absolute Gasteiger partial charge is 0.343 e. The fourth-order valence-corrected chi connectivity index (χ4v) is 4.60. The first-order valence-electron chi connectivity index (χ1n) is 11.2.